The molecule has 2 aromatic rings. The number of carboxylic acids is 1. The molecule has 110 valence electrons. The summed E-state index contributed by atoms with van der Waals surface area (Å²) in [6.07, 6.45) is -1.61. The van der Waals surface area contributed by atoms with Gasteiger partial charge in [-0.25, -0.2) is 0 Å². The van der Waals surface area contributed by atoms with E-state index in [4.69, 9.17) is 9.84 Å². The summed E-state index contributed by atoms with van der Waals surface area (Å²) in [6.45, 7) is 0. The number of methoxy groups -OCH3 is 1. The van der Waals surface area contributed by atoms with Gasteiger partial charge in [0, 0.05) is 7.11 Å². The van der Waals surface area contributed by atoms with Crippen LogP contribution in [0, 0.1) is 0 Å². The predicted molar refractivity (Wildman–Crippen MR) is 78.9 cm³/mol. The topological polar surface area (TPSA) is 66.8 Å². The van der Waals surface area contributed by atoms with Gasteiger partial charge >= 0.3 is 5.97 Å². The first kappa shape index (κ1) is 15.2. The summed E-state index contributed by atoms with van der Waals surface area (Å²) in [4.78, 5) is 11.0. The molecule has 0 aliphatic carbocycles. The molecule has 0 radical (unpaired) electrons. The highest BCUT2D eigenvalue weighted by molar-refractivity contribution is 5.68. The molecule has 2 rings (SSSR count). The van der Waals surface area contributed by atoms with Gasteiger partial charge in [0.15, 0.2) is 0 Å². The van der Waals surface area contributed by atoms with E-state index in [9.17, 15) is 9.90 Å². The maximum Gasteiger partial charge on any atom is 0.306 e. The average Bonchev–Trinajstić information content (AvgIpc) is 2.50. The molecule has 4 nitrogen and oxygen atoms in total. The SMILES string of the molecule is COC(c1ccccc1)(c1ccccc1)C(O)CC(=O)O. The number of aliphatic carboxylic acids is 1. The third kappa shape index (κ3) is 2.96. The lowest BCUT2D eigenvalue weighted by Gasteiger charge is -2.37. The van der Waals surface area contributed by atoms with Crippen molar-refractivity contribution < 1.29 is 19.7 Å². The van der Waals surface area contributed by atoms with Crippen LogP contribution in [0.2, 0.25) is 0 Å². The lowest BCUT2D eigenvalue weighted by molar-refractivity contribution is -0.145. The number of benzene rings is 2. The van der Waals surface area contributed by atoms with Crippen LogP contribution in [-0.2, 0) is 15.1 Å². The summed E-state index contributed by atoms with van der Waals surface area (Å²) >= 11 is 0. The van der Waals surface area contributed by atoms with Gasteiger partial charge in [0.25, 0.3) is 0 Å². The van der Waals surface area contributed by atoms with Gasteiger partial charge in [-0.15, -0.1) is 0 Å². The van der Waals surface area contributed by atoms with E-state index in [0.29, 0.717) is 11.1 Å². The van der Waals surface area contributed by atoms with Crippen molar-refractivity contribution in [3.05, 3.63) is 71.8 Å². The Morgan fingerprint density at radius 2 is 1.48 bits per heavy atom. The molecule has 0 saturated carbocycles. The summed E-state index contributed by atoms with van der Waals surface area (Å²) < 4.78 is 5.66. The quantitative estimate of drug-likeness (QED) is 0.856. The molecule has 1 unspecified atom stereocenters. The zero-order chi connectivity index (χ0) is 15.3. The second-order valence-corrected chi connectivity index (χ2v) is 4.79. The normalized spacial score (nSPS) is 12.9. The van der Waals surface area contributed by atoms with Gasteiger partial charge in [-0.1, -0.05) is 60.7 Å². The maximum atomic E-state index is 11.0. The van der Waals surface area contributed by atoms with Gasteiger partial charge in [-0.2, -0.15) is 0 Å². The lowest BCUT2D eigenvalue weighted by atomic mass is 9.80. The van der Waals surface area contributed by atoms with E-state index >= 15 is 0 Å². The first-order chi connectivity index (χ1) is 10.1. The zero-order valence-electron chi connectivity index (χ0n) is 11.8. The number of carbonyl (C=O) groups is 1. The Bertz CT molecular complexity index is 541. The maximum absolute atomic E-state index is 11.0. The molecule has 4 heteroatoms. The minimum atomic E-state index is -1.21. The third-order valence-corrected chi connectivity index (χ3v) is 3.56. The van der Waals surface area contributed by atoms with Crippen LogP contribution in [0.4, 0.5) is 0 Å². The van der Waals surface area contributed by atoms with Crippen LogP contribution >= 0.6 is 0 Å². The van der Waals surface area contributed by atoms with Crippen molar-refractivity contribution in [3.8, 4) is 0 Å². The number of hydrogen-bond donors (Lipinski definition) is 2. The number of aliphatic hydroxyl groups is 1. The Hall–Kier alpha value is -2.17. The Labute approximate surface area is 123 Å². The van der Waals surface area contributed by atoms with Crippen LogP contribution in [0.5, 0.6) is 0 Å². The van der Waals surface area contributed by atoms with Gasteiger partial charge in [0.1, 0.15) is 11.7 Å². The Kier molecular flexibility index (Phi) is 4.73. The molecule has 0 spiro atoms. The summed E-state index contributed by atoms with van der Waals surface area (Å²) in [5, 5.41) is 19.6. The van der Waals surface area contributed by atoms with Crippen LogP contribution < -0.4 is 0 Å². The van der Waals surface area contributed by atoms with Crippen molar-refractivity contribution >= 4 is 5.97 Å². The van der Waals surface area contributed by atoms with Crippen molar-refractivity contribution in [1.29, 1.82) is 0 Å². The van der Waals surface area contributed by atoms with Gasteiger partial charge < -0.3 is 14.9 Å². The summed E-state index contributed by atoms with van der Waals surface area (Å²) in [5.74, 6) is -1.07. The standard InChI is InChI=1S/C17H18O4/c1-21-17(15(18)12-16(19)20,13-8-4-2-5-9-13)14-10-6-3-7-11-14/h2-11,15,18H,12H2,1H3,(H,19,20). The van der Waals surface area contributed by atoms with E-state index < -0.39 is 24.1 Å². The Morgan fingerprint density at radius 1 is 1.05 bits per heavy atom. The van der Waals surface area contributed by atoms with Crippen LogP contribution in [0.3, 0.4) is 0 Å². The first-order valence-electron chi connectivity index (χ1n) is 6.67. The molecule has 1 atom stereocenters. The van der Waals surface area contributed by atoms with Crippen LogP contribution in [0.15, 0.2) is 60.7 Å². The number of aliphatic hydroxyl groups excluding tert-OH is 1. The molecule has 0 saturated heterocycles. The van der Waals surface area contributed by atoms with Gasteiger partial charge in [0.05, 0.1) is 6.42 Å². The average molecular weight is 286 g/mol. The Morgan fingerprint density at radius 3 is 1.81 bits per heavy atom. The first-order valence-corrected chi connectivity index (χ1v) is 6.67. The third-order valence-electron chi connectivity index (χ3n) is 3.56. The van der Waals surface area contributed by atoms with E-state index in [2.05, 4.69) is 0 Å². The van der Waals surface area contributed by atoms with Gasteiger partial charge in [-0.05, 0) is 11.1 Å². The summed E-state index contributed by atoms with van der Waals surface area (Å²) in [6, 6.07) is 18.3. The minimum absolute atomic E-state index is 0.405. The highest BCUT2D eigenvalue weighted by atomic mass is 16.5. The number of carboxylic acid groups (broad SMARTS) is 1. The highest BCUT2D eigenvalue weighted by Crippen LogP contribution is 2.37. The van der Waals surface area contributed by atoms with Crippen molar-refractivity contribution in [3.63, 3.8) is 0 Å². The van der Waals surface area contributed by atoms with Crippen LogP contribution in [0.1, 0.15) is 17.5 Å². The smallest absolute Gasteiger partial charge is 0.306 e. The molecular formula is C17H18O4. The van der Waals surface area contributed by atoms with Gasteiger partial charge in [0.2, 0.25) is 0 Å². The van der Waals surface area contributed by atoms with E-state index in [1.165, 1.54) is 7.11 Å². The fourth-order valence-electron chi connectivity index (χ4n) is 2.60. The summed E-state index contributed by atoms with van der Waals surface area (Å²) in [5.41, 5.74) is 0.223. The molecule has 2 N–H and O–H groups in total. The minimum Gasteiger partial charge on any atom is -0.481 e. The number of hydrogen-bond acceptors (Lipinski definition) is 3. The second-order valence-electron chi connectivity index (χ2n) is 4.79. The lowest BCUT2D eigenvalue weighted by Crippen LogP contribution is -2.43. The molecular weight excluding hydrogens is 268 g/mol. The van der Waals surface area contributed by atoms with E-state index in [1.807, 2.05) is 60.7 Å². The second kappa shape index (κ2) is 6.52. The van der Waals surface area contributed by atoms with Crippen molar-refractivity contribution in [2.24, 2.45) is 0 Å². The number of ether oxygens (including phenoxy) is 1. The molecule has 21 heavy (non-hydrogen) atoms. The highest BCUT2D eigenvalue weighted by Gasteiger charge is 2.42. The fourth-order valence-corrected chi connectivity index (χ4v) is 2.60. The monoisotopic (exact) mass is 286 g/mol. The van der Waals surface area contributed by atoms with Crippen molar-refractivity contribution in [2.75, 3.05) is 7.11 Å². The van der Waals surface area contributed by atoms with Crippen LogP contribution in [-0.4, -0.2) is 29.4 Å². The van der Waals surface area contributed by atoms with Crippen LogP contribution in [0.25, 0.3) is 0 Å². The molecule has 0 amide bonds. The molecule has 0 bridgehead atoms. The van der Waals surface area contributed by atoms with Gasteiger partial charge in [-0.3, -0.25) is 4.79 Å². The fraction of sp³-hybridized carbons (Fsp3) is 0.235. The molecule has 0 aliphatic rings. The van der Waals surface area contributed by atoms with E-state index in [1.54, 1.807) is 0 Å². The van der Waals surface area contributed by atoms with Crippen molar-refractivity contribution in [1.82, 2.24) is 0 Å². The largest absolute Gasteiger partial charge is 0.481 e. The number of rotatable bonds is 6. The molecule has 2 aromatic carbocycles. The molecule has 0 aliphatic heterocycles. The zero-order valence-corrected chi connectivity index (χ0v) is 11.8. The molecule has 0 aromatic heterocycles. The van der Waals surface area contributed by atoms with E-state index in [0.717, 1.165) is 0 Å². The summed E-state index contributed by atoms with van der Waals surface area (Å²) in [7, 11) is 1.48. The van der Waals surface area contributed by atoms with E-state index in [-0.39, 0.29) is 0 Å². The molecule has 0 fully saturated rings. The van der Waals surface area contributed by atoms with Crippen molar-refractivity contribution in [2.45, 2.75) is 18.1 Å². The molecule has 0 heterocycles. The predicted octanol–water partition coefficient (Wildman–Crippen LogP) is 2.41. The Balaban J connectivity index is 2.59.